The molecule has 0 aliphatic carbocycles. The third kappa shape index (κ3) is 61.4. The number of unbranched alkanes of at least 4 members (excludes halogenated alkanes) is 49. The molecular formula is C69H133NO5. The van der Waals surface area contributed by atoms with Crippen LogP contribution in [0.2, 0.25) is 0 Å². The van der Waals surface area contributed by atoms with E-state index in [1.54, 1.807) is 0 Å². The third-order valence-electron chi connectivity index (χ3n) is 16.0. The van der Waals surface area contributed by atoms with Gasteiger partial charge in [-0.05, 0) is 57.8 Å². The number of aliphatic hydroxyl groups excluding tert-OH is 2. The summed E-state index contributed by atoms with van der Waals surface area (Å²) in [7, 11) is 0. The quantitative estimate of drug-likeness (QED) is 0.0320. The number of carbonyl (C=O) groups is 2. The molecule has 0 aromatic carbocycles. The van der Waals surface area contributed by atoms with E-state index in [1.165, 1.54) is 295 Å². The summed E-state index contributed by atoms with van der Waals surface area (Å²) >= 11 is 0. The number of carbonyl (C=O) groups excluding carboxylic acids is 2. The molecule has 2 unspecified atom stereocenters. The van der Waals surface area contributed by atoms with Gasteiger partial charge in [0.1, 0.15) is 0 Å². The summed E-state index contributed by atoms with van der Waals surface area (Å²) in [5.41, 5.74) is 0. The first kappa shape index (κ1) is 73.3. The van der Waals surface area contributed by atoms with Crippen LogP contribution in [0.4, 0.5) is 0 Å². The summed E-state index contributed by atoms with van der Waals surface area (Å²) in [6.45, 7) is 4.95. The first-order chi connectivity index (χ1) is 37.0. The van der Waals surface area contributed by atoms with Crippen LogP contribution in [0.3, 0.4) is 0 Å². The average Bonchev–Trinajstić information content (AvgIpc) is 3.41. The van der Waals surface area contributed by atoms with Gasteiger partial charge in [0, 0.05) is 12.8 Å². The van der Waals surface area contributed by atoms with Crippen LogP contribution in [0.5, 0.6) is 0 Å². The van der Waals surface area contributed by atoms with Crippen molar-refractivity contribution in [1.82, 2.24) is 5.32 Å². The number of rotatable bonds is 64. The van der Waals surface area contributed by atoms with Crippen LogP contribution in [0.15, 0.2) is 24.3 Å². The molecule has 0 saturated heterocycles. The molecule has 0 radical (unpaired) electrons. The Bertz CT molecular complexity index is 1170. The summed E-state index contributed by atoms with van der Waals surface area (Å²) in [5, 5.41) is 23.2. The van der Waals surface area contributed by atoms with Gasteiger partial charge in [0.05, 0.1) is 25.4 Å². The van der Waals surface area contributed by atoms with Gasteiger partial charge in [-0.3, -0.25) is 9.59 Å². The van der Waals surface area contributed by atoms with Crippen LogP contribution in [-0.2, 0) is 14.3 Å². The molecule has 0 aliphatic heterocycles. The molecule has 6 heteroatoms. The van der Waals surface area contributed by atoms with Gasteiger partial charge >= 0.3 is 5.97 Å². The molecule has 1 amide bonds. The fraction of sp³-hybridized carbons (Fsp3) is 0.913. The monoisotopic (exact) mass is 1060 g/mol. The van der Waals surface area contributed by atoms with Crippen LogP contribution in [0, 0.1) is 0 Å². The van der Waals surface area contributed by atoms with Crippen molar-refractivity contribution in [3.63, 3.8) is 0 Å². The molecule has 0 heterocycles. The molecule has 0 spiro atoms. The molecule has 2 atom stereocenters. The molecule has 0 saturated carbocycles. The Hall–Kier alpha value is -1.66. The number of nitrogens with one attached hydrogen (secondary N) is 1. The van der Waals surface area contributed by atoms with Gasteiger partial charge < -0.3 is 20.3 Å². The van der Waals surface area contributed by atoms with Crippen LogP contribution in [0.1, 0.15) is 380 Å². The smallest absolute Gasteiger partial charge is 0.305 e. The molecule has 0 aromatic rings. The van der Waals surface area contributed by atoms with Crippen molar-refractivity contribution in [1.29, 1.82) is 0 Å². The Kier molecular flexibility index (Phi) is 63.4. The Labute approximate surface area is 469 Å². The predicted molar refractivity (Wildman–Crippen MR) is 329 cm³/mol. The van der Waals surface area contributed by atoms with Crippen molar-refractivity contribution in [3.8, 4) is 0 Å². The number of amides is 1. The van der Waals surface area contributed by atoms with E-state index in [9.17, 15) is 19.8 Å². The lowest BCUT2D eigenvalue weighted by molar-refractivity contribution is -0.143. The van der Waals surface area contributed by atoms with E-state index >= 15 is 0 Å². The van der Waals surface area contributed by atoms with Crippen LogP contribution in [-0.4, -0.2) is 47.4 Å². The molecule has 0 aliphatic rings. The van der Waals surface area contributed by atoms with E-state index < -0.39 is 12.1 Å². The molecule has 0 aromatic heterocycles. The maximum Gasteiger partial charge on any atom is 0.305 e. The normalized spacial score (nSPS) is 12.6. The Balaban J connectivity index is 3.30. The number of allylic oxidation sites excluding steroid dienone is 4. The van der Waals surface area contributed by atoms with Crippen molar-refractivity contribution in [2.75, 3.05) is 13.2 Å². The van der Waals surface area contributed by atoms with E-state index in [1.807, 2.05) is 0 Å². The van der Waals surface area contributed by atoms with Gasteiger partial charge in [0.15, 0.2) is 0 Å². The first-order valence-electron chi connectivity index (χ1n) is 34.1. The van der Waals surface area contributed by atoms with Crippen LogP contribution >= 0.6 is 0 Å². The molecule has 6 nitrogen and oxygen atoms in total. The lowest BCUT2D eigenvalue weighted by Crippen LogP contribution is -2.45. The lowest BCUT2D eigenvalue weighted by atomic mass is 10.0. The maximum absolute atomic E-state index is 12.4. The van der Waals surface area contributed by atoms with E-state index in [2.05, 4.69) is 43.5 Å². The topological polar surface area (TPSA) is 95.9 Å². The highest BCUT2D eigenvalue weighted by atomic mass is 16.5. The number of aliphatic hydroxyl groups is 2. The molecular weight excluding hydrogens is 923 g/mol. The van der Waals surface area contributed by atoms with E-state index in [0.717, 1.165) is 51.4 Å². The lowest BCUT2D eigenvalue weighted by Gasteiger charge is -2.22. The van der Waals surface area contributed by atoms with Gasteiger partial charge in [-0.1, -0.05) is 334 Å². The summed E-state index contributed by atoms with van der Waals surface area (Å²) in [6, 6.07) is -0.536. The second kappa shape index (κ2) is 64.9. The van der Waals surface area contributed by atoms with Crippen molar-refractivity contribution in [2.24, 2.45) is 0 Å². The minimum Gasteiger partial charge on any atom is -0.466 e. The Morgan fingerprint density at radius 2 is 0.667 bits per heavy atom. The number of hydrogen-bond donors (Lipinski definition) is 3. The summed E-state index contributed by atoms with van der Waals surface area (Å²) in [6.07, 6.45) is 80.9. The van der Waals surface area contributed by atoms with Gasteiger partial charge in [-0.25, -0.2) is 0 Å². The van der Waals surface area contributed by atoms with Gasteiger partial charge in [0.25, 0.3) is 0 Å². The first-order valence-corrected chi connectivity index (χ1v) is 34.1. The highest BCUT2D eigenvalue weighted by Gasteiger charge is 2.20. The second-order valence-corrected chi connectivity index (χ2v) is 23.5. The van der Waals surface area contributed by atoms with Crippen molar-refractivity contribution >= 4 is 11.9 Å². The van der Waals surface area contributed by atoms with Crippen LogP contribution in [0.25, 0.3) is 0 Å². The molecule has 3 N–H and O–H groups in total. The minimum atomic E-state index is -0.659. The average molecular weight is 1060 g/mol. The van der Waals surface area contributed by atoms with E-state index in [0.29, 0.717) is 25.9 Å². The Morgan fingerprint density at radius 1 is 0.373 bits per heavy atom. The standard InChI is InChI=1S/C69H133NO5/c1-3-5-7-9-11-13-15-16-17-18-34-37-40-43-47-51-55-59-63-69(74)75-64-60-56-52-48-44-41-38-35-32-30-28-26-24-22-20-19-21-23-25-27-29-31-33-36-39-42-46-50-54-58-62-68(73)70-66(65-71)67(72)61-57-53-49-45-14-12-10-8-6-4-2/h13,15,17-18,66-67,71-72H,3-12,14,16,19-65H2,1-2H3,(H,70,73)/b15-13-,18-17-. The van der Waals surface area contributed by atoms with Gasteiger partial charge in [-0.15, -0.1) is 0 Å². The zero-order chi connectivity index (χ0) is 54.3. The zero-order valence-corrected chi connectivity index (χ0v) is 50.8. The largest absolute Gasteiger partial charge is 0.466 e. The highest BCUT2D eigenvalue weighted by molar-refractivity contribution is 5.76. The molecule has 0 fully saturated rings. The minimum absolute atomic E-state index is 0.0132. The predicted octanol–water partition coefficient (Wildman–Crippen LogP) is 21.8. The molecule has 0 bridgehead atoms. The third-order valence-corrected chi connectivity index (χ3v) is 16.0. The fourth-order valence-corrected chi connectivity index (χ4v) is 10.8. The van der Waals surface area contributed by atoms with E-state index in [4.69, 9.17) is 4.74 Å². The molecule has 444 valence electrons. The molecule has 0 rings (SSSR count). The second-order valence-electron chi connectivity index (χ2n) is 23.5. The number of ether oxygens (including phenoxy) is 1. The summed E-state index contributed by atoms with van der Waals surface area (Å²) in [5.74, 6) is -0.0179. The highest BCUT2D eigenvalue weighted by Crippen LogP contribution is 2.19. The maximum atomic E-state index is 12.4. The van der Waals surface area contributed by atoms with E-state index in [-0.39, 0.29) is 18.5 Å². The summed E-state index contributed by atoms with van der Waals surface area (Å²) < 4.78 is 5.50. The van der Waals surface area contributed by atoms with Gasteiger partial charge in [0.2, 0.25) is 5.91 Å². The van der Waals surface area contributed by atoms with Crippen molar-refractivity contribution in [3.05, 3.63) is 24.3 Å². The zero-order valence-electron chi connectivity index (χ0n) is 50.8. The SMILES string of the molecule is CCCCCC/C=C\C/C=C\CCCCCCCCCC(=O)OCCCCCCCCCCCCCCCCCCCCCCCCCCCCCCCCC(=O)NC(CO)C(O)CCCCCCCCCCCC. The van der Waals surface area contributed by atoms with Crippen molar-refractivity contribution < 1.29 is 24.5 Å². The fourth-order valence-electron chi connectivity index (χ4n) is 10.8. The number of hydrogen-bond acceptors (Lipinski definition) is 5. The van der Waals surface area contributed by atoms with Gasteiger partial charge in [-0.2, -0.15) is 0 Å². The van der Waals surface area contributed by atoms with Crippen molar-refractivity contribution in [2.45, 2.75) is 392 Å². The number of esters is 1. The summed E-state index contributed by atoms with van der Waals surface area (Å²) in [4.78, 5) is 24.5. The van der Waals surface area contributed by atoms with Crippen LogP contribution < -0.4 is 5.32 Å². The molecule has 75 heavy (non-hydrogen) atoms. The Morgan fingerprint density at radius 3 is 1.03 bits per heavy atom.